The van der Waals surface area contributed by atoms with E-state index in [1.807, 2.05) is 0 Å². The van der Waals surface area contributed by atoms with Crippen molar-refractivity contribution >= 4 is 11.9 Å². The summed E-state index contributed by atoms with van der Waals surface area (Å²) >= 11 is 0. The smallest absolute Gasteiger partial charge is 0.317 e. The quantitative estimate of drug-likeness (QED) is 0.648. The monoisotopic (exact) mass is 254 g/mol. The second-order valence-electron chi connectivity index (χ2n) is 5.69. The fourth-order valence-corrected chi connectivity index (χ4v) is 3.60. The summed E-state index contributed by atoms with van der Waals surface area (Å²) in [4.78, 5) is 21.9. The summed E-state index contributed by atoms with van der Waals surface area (Å²) in [6.45, 7) is 1.98. The highest BCUT2D eigenvalue weighted by Gasteiger charge is 2.41. The molecule has 2 fully saturated rings. The first kappa shape index (κ1) is 13.3. The molecule has 4 unspecified atom stereocenters. The van der Waals surface area contributed by atoms with E-state index in [2.05, 4.69) is 17.6 Å². The van der Waals surface area contributed by atoms with Crippen molar-refractivity contribution in [1.29, 1.82) is 0 Å². The highest BCUT2D eigenvalue weighted by atomic mass is 16.4. The Balaban J connectivity index is 1.69. The summed E-state index contributed by atoms with van der Waals surface area (Å²) in [7, 11) is 0. The topological polar surface area (TPSA) is 78.4 Å². The first-order valence-electron chi connectivity index (χ1n) is 6.78. The third kappa shape index (κ3) is 3.22. The number of amides is 1. The average molecular weight is 254 g/mol. The standard InChI is InChI=1S/C13H22N2O3/c1-8(11-5-9-2-3-10(11)4-9)15-12(16)6-14-7-13(17)18/h8-11,14H,2-7H2,1H3,(H,15,16)(H,17,18). The first-order chi connectivity index (χ1) is 8.56. The minimum Gasteiger partial charge on any atom is -0.480 e. The third-order valence-corrected chi connectivity index (χ3v) is 4.39. The number of rotatable bonds is 6. The molecule has 1 amide bonds. The molecule has 2 rings (SSSR count). The van der Waals surface area contributed by atoms with Crippen molar-refractivity contribution in [1.82, 2.24) is 10.6 Å². The van der Waals surface area contributed by atoms with Crippen LogP contribution in [0, 0.1) is 17.8 Å². The Kier molecular flexibility index (Phi) is 4.22. The first-order valence-corrected chi connectivity index (χ1v) is 6.78. The van der Waals surface area contributed by atoms with Crippen molar-refractivity contribution in [3.63, 3.8) is 0 Å². The summed E-state index contributed by atoms with van der Waals surface area (Å²) in [6, 6.07) is 0.208. The molecule has 2 saturated carbocycles. The van der Waals surface area contributed by atoms with E-state index < -0.39 is 5.97 Å². The van der Waals surface area contributed by atoms with Crippen LogP contribution in [0.4, 0.5) is 0 Å². The Labute approximate surface area is 107 Å². The second kappa shape index (κ2) is 5.69. The van der Waals surface area contributed by atoms with E-state index >= 15 is 0 Å². The van der Waals surface area contributed by atoms with Crippen LogP contribution in [0.15, 0.2) is 0 Å². The Morgan fingerprint density at radius 2 is 2.06 bits per heavy atom. The number of carbonyl (C=O) groups is 2. The zero-order valence-corrected chi connectivity index (χ0v) is 10.8. The summed E-state index contributed by atoms with van der Waals surface area (Å²) in [5.74, 6) is 1.24. The lowest BCUT2D eigenvalue weighted by atomic mass is 9.84. The number of aliphatic carboxylic acids is 1. The van der Waals surface area contributed by atoms with Crippen LogP contribution in [0.5, 0.6) is 0 Å². The van der Waals surface area contributed by atoms with Crippen LogP contribution < -0.4 is 10.6 Å². The normalized spacial score (nSPS) is 31.3. The number of hydrogen-bond donors (Lipinski definition) is 3. The van der Waals surface area contributed by atoms with Crippen LogP contribution in [0.3, 0.4) is 0 Å². The van der Waals surface area contributed by atoms with Gasteiger partial charge in [0.2, 0.25) is 5.91 Å². The van der Waals surface area contributed by atoms with E-state index in [1.54, 1.807) is 0 Å². The molecule has 5 heteroatoms. The molecular formula is C13H22N2O3. The minimum atomic E-state index is -0.941. The summed E-state index contributed by atoms with van der Waals surface area (Å²) in [6.07, 6.45) is 5.26. The Bertz CT molecular complexity index is 332. The lowest BCUT2D eigenvalue weighted by molar-refractivity contribution is -0.136. The van der Waals surface area contributed by atoms with Crippen molar-refractivity contribution in [2.75, 3.05) is 13.1 Å². The van der Waals surface area contributed by atoms with Crippen molar-refractivity contribution in [2.24, 2.45) is 17.8 Å². The second-order valence-corrected chi connectivity index (χ2v) is 5.69. The van der Waals surface area contributed by atoms with E-state index in [-0.39, 0.29) is 25.0 Å². The molecule has 0 spiro atoms. The van der Waals surface area contributed by atoms with E-state index in [4.69, 9.17) is 5.11 Å². The van der Waals surface area contributed by atoms with Gasteiger partial charge in [-0.15, -0.1) is 0 Å². The number of hydrogen-bond acceptors (Lipinski definition) is 3. The van der Waals surface area contributed by atoms with E-state index in [0.29, 0.717) is 5.92 Å². The number of fused-ring (bicyclic) bond motifs is 2. The molecule has 102 valence electrons. The van der Waals surface area contributed by atoms with Crippen molar-refractivity contribution in [3.05, 3.63) is 0 Å². The van der Waals surface area contributed by atoms with Gasteiger partial charge < -0.3 is 10.4 Å². The van der Waals surface area contributed by atoms with Gasteiger partial charge in [-0.1, -0.05) is 6.42 Å². The molecule has 2 bridgehead atoms. The van der Waals surface area contributed by atoms with Crippen LogP contribution in [-0.4, -0.2) is 36.1 Å². The summed E-state index contributed by atoms with van der Waals surface area (Å²) in [5.41, 5.74) is 0. The van der Waals surface area contributed by atoms with E-state index in [0.717, 1.165) is 11.8 Å². The molecule has 2 aliphatic carbocycles. The molecule has 0 aromatic heterocycles. The average Bonchev–Trinajstić information content (AvgIpc) is 2.89. The largest absolute Gasteiger partial charge is 0.480 e. The van der Waals surface area contributed by atoms with Gasteiger partial charge >= 0.3 is 5.97 Å². The maximum absolute atomic E-state index is 11.6. The van der Waals surface area contributed by atoms with Crippen molar-refractivity contribution in [2.45, 2.75) is 38.6 Å². The van der Waals surface area contributed by atoms with Crippen LogP contribution in [0.1, 0.15) is 32.6 Å². The predicted molar refractivity (Wildman–Crippen MR) is 67.0 cm³/mol. The van der Waals surface area contributed by atoms with Crippen LogP contribution >= 0.6 is 0 Å². The zero-order chi connectivity index (χ0) is 13.1. The fourth-order valence-electron chi connectivity index (χ4n) is 3.60. The van der Waals surface area contributed by atoms with Crippen LogP contribution in [0.2, 0.25) is 0 Å². The van der Waals surface area contributed by atoms with Gasteiger partial charge in [-0.2, -0.15) is 0 Å². The van der Waals surface area contributed by atoms with Gasteiger partial charge in [0.1, 0.15) is 0 Å². The van der Waals surface area contributed by atoms with Crippen LogP contribution in [-0.2, 0) is 9.59 Å². The zero-order valence-electron chi connectivity index (χ0n) is 10.8. The lowest BCUT2D eigenvalue weighted by Gasteiger charge is -2.28. The van der Waals surface area contributed by atoms with Gasteiger partial charge in [0, 0.05) is 6.04 Å². The van der Waals surface area contributed by atoms with Gasteiger partial charge in [0.05, 0.1) is 13.1 Å². The molecule has 0 saturated heterocycles. The molecule has 0 heterocycles. The molecule has 18 heavy (non-hydrogen) atoms. The van der Waals surface area contributed by atoms with Gasteiger partial charge in [-0.3, -0.25) is 14.9 Å². The van der Waals surface area contributed by atoms with Gasteiger partial charge in [-0.05, 0) is 43.9 Å². The Hall–Kier alpha value is -1.10. The maximum Gasteiger partial charge on any atom is 0.317 e. The Morgan fingerprint density at radius 3 is 2.61 bits per heavy atom. The molecule has 5 nitrogen and oxygen atoms in total. The van der Waals surface area contributed by atoms with Gasteiger partial charge in [-0.25, -0.2) is 0 Å². The number of nitrogens with one attached hydrogen (secondary N) is 2. The predicted octanol–water partition coefficient (Wildman–Crippen LogP) is 0.601. The SMILES string of the molecule is CC(NC(=O)CNCC(=O)O)C1CC2CCC1C2. The summed E-state index contributed by atoms with van der Waals surface area (Å²) < 4.78 is 0. The highest BCUT2D eigenvalue weighted by Crippen LogP contribution is 2.49. The summed E-state index contributed by atoms with van der Waals surface area (Å²) in [5, 5.41) is 14.0. The molecule has 3 N–H and O–H groups in total. The van der Waals surface area contributed by atoms with E-state index in [1.165, 1.54) is 25.7 Å². The van der Waals surface area contributed by atoms with Crippen LogP contribution in [0.25, 0.3) is 0 Å². The van der Waals surface area contributed by atoms with E-state index in [9.17, 15) is 9.59 Å². The van der Waals surface area contributed by atoms with Crippen molar-refractivity contribution in [3.8, 4) is 0 Å². The van der Waals surface area contributed by atoms with Crippen molar-refractivity contribution < 1.29 is 14.7 Å². The molecule has 0 aliphatic heterocycles. The molecule has 0 radical (unpaired) electrons. The lowest BCUT2D eigenvalue weighted by Crippen LogP contribution is -2.44. The molecule has 0 aromatic rings. The molecule has 2 aliphatic rings. The maximum atomic E-state index is 11.6. The van der Waals surface area contributed by atoms with Gasteiger partial charge in [0.15, 0.2) is 0 Å². The van der Waals surface area contributed by atoms with Gasteiger partial charge in [0.25, 0.3) is 0 Å². The molecule has 4 atom stereocenters. The number of carboxylic acid groups (broad SMARTS) is 1. The number of carboxylic acids is 1. The third-order valence-electron chi connectivity index (χ3n) is 4.39. The highest BCUT2D eigenvalue weighted by molar-refractivity contribution is 5.79. The molecular weight excluding hydrogens is 232 g/mol. The Morgan fingerprint density at radius 1 is 1.28 bits per heavy atom. The fraction of sp³-hybridized carbons (Fsp3) is 0.846. The number of carbonyl (C=O) groups excluding carboxylic acids is 1. The molecule has 0 aromatic carbocycles. The minimum absolute atomic E-state index is 0.0808.